The van der Waals surface area contributed by atoms with Crippen LogP contribution in [0.4, 0.5) is 0 Å². The van der Waals surface area contributed by atoms with Gasteiger partial charge in [0.2, 0.25) is 0 Å². The third kappa shape index (κ3) is 5.31. The maximum atomic E-state index is 5.90. The van der Waals surface area contributed by atoms with E-state index in [9.17, 15) is 0 Å². The summed E-state index contributed by atoms with van der Waals surface area (Å²) in [5.74, 6) is 0.873. The Hall–Kier alpha value is -0.780. The van der Waals surface area contributed by atoms with Crippen molar-refractivity contribution >= 4 is 34.2 Å². The van der Waals surface area contributed by atoms with Crippen LogP contribution in [0, 0.1) is 3.57 Å². The van der Waals surface area contributed by atoms with Crippen molar-refractivity contribution in [1.29, 1.82) is 0 Å². The average molecular weight is 403 g/mol. The Kier molecular flexibility index (Phi) is 6.63. The lowest BCUT2D eigenvalue weighted by Gasteiger charge is -2.09. The van der Waals surface area contributed by atoms with E-state index in [1.165, 1.54) is 5.56 Å². The van der Waals surface area contributed by atoms with E-state index in [0.717, 1.165) is 20.8 Å². The lowest BCUT2D eigenvalue weighted by molar-refractivity contribution is 0.107. The van der Waals surface area contributed by atoms with Crippen molar-refractivity contribution in [3.05, 3.63) is 62.7 Å². The summed E-state index contributed by atoms with van der Waals surface area (Å²) in [6, 6.07) is 15.8. The van der Waals surface area contributed by atoms with E-state index in [1.54, 1.807) is 0 Å². The molecule has 0 bridgehead atoms. The van der Waals surface area contributed by atoms with Crippen LogP contribution in [0.5, 0.6) is 5.75 Å². The highest BCUT2D eigenvalue weighted by molar-refractivity contribution is 14.1. The van der Waals surface area contributed by atoms with E-state index >= 15 is 0 Å². The summed E-state index contributed by atoms with van der Waals surface area (Å²) < 4.78 is 12.3. The predicted octanol–water partition coefficient (Wildman–Crippen LogP) is 4.93. The molecule has 0 saturated carbocycles. The quantitative estimate of drug-likeness (QED) is 0.483. The molecule has 106 valence electrons. The van der Waals surface area contributed by atoms with Crippen LogP contribution in [0.3, 0.4) is 0 Å². The van der Waals surface area contributed by atoms with Gasteiger partial charge in [-0.1, -0.05) is 41.9 Å². The second-order valence-electron chi connectivity index (χ2n) is 4.31. The first-order valence-corrected chi connectivity index (χ1v) is 7.91. The minimum absolute atomic E-state index is 0.645. The lowest BCUT2D eigenvalue weighted by Crippen LogP contribution is -2.04. The first-order valence-electron chi connectivity index (χ1n) is 6.45. The largest absolute Gasteiger partial charge is 0.492 e. The molecule has 2 rings (SSSR count). The fourth-order valence-electron chi connectivity index (χ4n) is 1.70. The van der Waals surface area contributed by atoms with E-state index < -0.39 is 0 Å². The number of halogens is 2. The van der Waals surface area contributed by atoms with Gasteiger partial charge in [0.1, 0.15) is 5.75 Å². The van der Waals surface area contributed by atoms with Crippen LogP contribution in [-0.4, -0.2) is 13.2 Å². The van der Waals surface area contributed by atoms with Crippen molar-refractivity contribution in [3.8, 4) is 5.75 Å². The Morgan fingerprint density at radius 2 is 1.80 bits per heavy atom. The topological polar surface area (TPSA) is 18.5 Å². The van der Waals surface area contributed by atoms with Gasteiger partial charge in [-0.2, -0.15) is 0 Å². The highest BCUT2D eigenvalue weighted by Gasteiger charge is 2.01. The van der Waals surface area contributed by atoms with Crippen LogP contribution >= 0.6 is 34.2 Å². The maximum Gasteiger partial charge on any atom is 0.132 e. The lowest BCUT2D eigenvalue weighted by atomic mass is 10.2. The van der Waals surface area contributed by atoms with Gasteiger partial charge < -0.3 is 9.47 Å². The molecule has 0 saturated heterocycles. The second kappa shape index (κ2) is 8.49. The monoisotopic (exact) mass is 402 g/mol. The molecule has 0 aliphatic rings. The predicted molar refractivity (Wildman–Crippen MR) is 90.4 cm³/mol. The second-order valence-corrected chi connectivity index (χ2v) is 5.91. The molecule has 2 aromatic carbocycles. The zero-order chi connectivity index (χ0) is 14.2. The SMILES string of the molecule is Clc1ccc(OCCCOCc2ccccc2)c(I)c1. The molecule has 4 heteroatoms. The molecule has 0 fully saturated rings. The standard InChI is InChI=1S/C16H16ClIO2/c17-14-7-8-16(15(18)11-14)20-10-4-9-19-12-13-5-2-1-3-6-13/h1-3,5-8,11H,4,9-10,12H2. The van der Waals surface area contributed by atoms with Gasteiger partial charge in [0, 0.05) is 11.4 Å². The highest BCUT2D eigenvalue weighted by atomic mass is 127. The van der Waals surface area contributed by atoms with Crippen LogP contribution in [0.1, 0.15) is 12.0 Å². The summed E-state index contributed by atoms with van der Waals surface area (Å²) >= 11 is 8.12. The summed E-state index contributed by atoms with van der Waals surface area (Å²) in [7, 11) is 0. The van der Waals surface area contributed by atoms with Crippen LogP contribution in [0.25, 0.3) is 0 Å². The molecule has 0 radical (unpaired) electrons. The smallest absolute Gasteiger partial charge is 0.132 e. The first-order chi connectivity index (χ1) is 9.75. The van der Waals surface area contributed by atoms with Crippen LogP contribution in [-0.2, 0) is 11.3 Å². The number of benzene rings is 2. The molecule has 0 unspecified atom stereocenters. The average Bonchev–Trinajstić information content (AvgIpc) is 2.46. The van der Waals surface area contributed by atoms with E-state index in [4.69, 9.17) is 21.1 Å². The summed E-state index contributed by atoms with van der Waals surface area (Å²) in [6.45, 7) is 1.99. The van der Waals surface area contributed by atoms with Crippen LogP contribution < -0.4 is 4.74 Å². The minimum Gasteiger partial charge on any atom is -0.492 e. The van der Waals surface area contributed by atoms with Crippen molar-refractivity contribution in [3.63, 3.8) is 0 Å². The Balaban J connectivity index is 1.62. The van der Waals surface area contributed by atoms with Crippen molar-refractivity contribution in [2.24, 2.45) is 0 Å². The van der Waals surface area contributed by atoms with Gasteiger partial charge in [-0.15, -0.1) is 0 Å². The maximum absolute atomic E-state index is 5.90. The number of ether oxygens (including phenoxy) is 2. The van der Waals surface area contributed by atoms with Gasteiger partial charge in [-0.05, 0) is 46.4 Å². The van der Waals surface area contributed by atoms with E-state index in [1.807, 2.05) is 36.4 Å². The van der Waals surface area contributed by atoms with Crippen LogP contribution in [0.15, 0.2) is 48.5 Å². The first kappa shape index (κ1) is 15.6. The van der Waals surface area contributed by atoms with Gasteiger partial charge in [0.25, 0.3) is 0 Å². The van der Waals surface area contributed by atoms with Crippen LogP contribution in [0.2, 0.25) is 5.02 Å². The van der Waals surface area contributed by atoms with E-state index in [0.29, 0.717) is 19.8 Å². The molecule has 0 heterocycles. The Labute approximate surface area is 138 Å². The summed E-state index contributed by atoms with van der Waals surface area (Å²) in [4.78, 5) is 0. The van der Waals surface area contributed by atoms with E-state index in [-0.39, 0.29) is 0 Å². The molecule has 0 aliphatic heterocycles. The number of rotatable bonds is 7. The van der Waals surface area contributed by atoms with Gasteiger partial charge >= 0.3 is 0 Å². The molecule has 0 aromatic heterocycles. The number of hydrogen-bond donors (Lipinski definition) is 0. The van der Waals surface area contributed by atoms with E-state index in [2.05, 4.69) is 34.7 Å². The Morgan fingerprint density at radius 1 is 1.00 bits per heavy atom. The van der Waals surface area contributed by atoms with Crippen molar-refractivity contribution < 1.29 is 9.47 Å². The summed E-state index contributed by atoms with van der Waals surface area (Å²) in [5, 5.41) is 0.730. The molecule has 0 amide bonds. The zero-order valence-electron chi connectivity index (χ0n) is 11.0. The molecule has 2 nitrogen and oxygen atoms in total. The molecule has 0 atom stereocenters. The molecule has 0 aliphatic carbocycles. The zero-order valence-corrected chi connectivity index (χ0v) is 13.9. The van der Waals surface area contributed by atoms with Gasteiger partial charge in [0.15, 0.2) is 0 Å². The van der Waals surface area contributed by atoms with Crippen molar-refractivity contribution in [2.45, 2.75) is 13.0 Å². The fourth-order valence-corrected chi connectivity index (χ4v) is 2.73. The Bertz CT molecular complexity index is 531. The normalized spacial score (nSPS) is 10.5. The molecule has 2 aromatic rings. The summed E-state index contributed by atoms with van der Waals surface area (Å²) in [6.07, 6.45) is 0.867. The van der Waals surface area contributed by atoms with Crippen molar-refractivity contribution in [1.82, 2.24) is 0 Å². The molecule has 0 N–H and O–H groups in total. The molecular weight excluding hydrogens is 387 g/mol. The van der Waals surface area contributed by atoms with Gasteiger partial charge in [-0.25, -0.2) is 0 Å². The van der Waals surface area contributed by atoms with Crippen molar-refractivity contribution in [2.75, 3.05) is 13.2 Å². The molecule has 0 spiro atoms. The molecule has 20 heavy (non-hydrogen) atoms. The fraction of sp³-hybridized carbons (Fsp3) is 0.250. The minimum atomic E-state index is 0.645. The highest BCUT2D eigenvalue weighted by Crippen LogP contribution is 2.24. The van der Waals surface area contributed by atoms with Gasteiger partial charge in [-0.3, -0.25) is 0 Å². The van der Waals surface area contributed by atoms with Gasteiger partial charge in [0.05, 0.1) is 23.4 Å². The third-order valence-electron chi connectivity index (χ3n) is 2.70. The molecular formula is C16H16ClIO2. The third-order valence-corrected chi connectivity index (χ3v) is 3.77. The summed E-state index contributed by atoms with van der Waals surface area (Å²) in [5.41, 5.74) is 1.20. The Morgan fingerprint density at radius 3 is 2.55 bits per heavy atom. The number of hydrogen-bond acceptors (Lipinski definition) is 2.